The molecule has 2 N–H and O–H groups in total. The van der Waals surface area contributed by atoms with Gasteiger partial charge in [-0.3, -0.25) is 4.79 Å². The highest BCUT2D eigenvalue weighted by Crippen LogP contribution is 2.29. The van der Waals surface area contributed by atoms with Gasteiger partial charge in [0.1, 0.15) is 5.82 Å². The first kappa shape index (κ1) is 22.1. The van der Waals surface area contributed by atoms with Crippen LogP contribution in [0.4, 0.5) is 11.5 Å². The number of piperazine rings is 1. The minimum atomic E-state index is -0.533. The second kappa shape index (κ2) is 9.57. The van der Waals surface area contributed by atoms with Crippen LogP contribution in [0.5, 0.6) is 0 Å². The third kappa shape index (κ3) is 4.55. The van der Waals surface area contributed by atoms with E-state index in [1.807, 2.05) is 68.3 Å². The number of likely N-dealkylation sites (N-methyl/N-ethyl adjacent to an activating group) is 1. The van der Waals surface area contributed by atoms with Crippen LogP contribution in [0.15, 0.2) is 60.7 Å². The first-order valence-corrected chi connectivity index (χ1v) is 11.4. The molecule has 1 aromatic heterocycles. The number of rotatable bonds is 7. The Morgan fingerprint density at radius 2 is 1.66 bits per heavy atom. The van der Waals surface area contributed by atoms with Crippen molar-refractivity contribution in [3.8, 4) is 0 Å². The molecule has 1 saturated heterocycles. The van der Waals surface area contributed by atoms with Crippen molar-refractivity contribution in [3.05, 3.63) is 66.2 Å². The molecule has 1 aliphatic heterocycles. The van der Waals surface area contributed by atoms with Gasteiger partial charge in [-0.05, 0) is 32.5 Å². The first-order valence-electron chi connectivity index (χ1n) is 11.4. The summed E-state index contributed by atoms with van der Waals surface area (Å²) in [6, 6.07) is 20.4. The molecule has 168 valence electrons. The number of aromatic nitrogens is 1. The van der Waals surface area contributed by atoms with E-state index in [1.165, 1.54) is 0 Å². The SMILES string of the molecule is CNCCNc1cc(N2CCN(C(=O)C(C)(C)c3ccccc3)CC2)nc2ccccc12. The molecule has 0 bridgehead atoms. The number of nitrogens with one attached hydrogen (secondary N) is 2. The normalized spacial score (nSPS) is 14.6. The maximum absolute atomic E-state index is 13.3. The van der Waals surface area contributed by atoms with Crippen molar-refractivity contribution in [2.45, 2.75) is 19.3 Å². The van der Waals surface area contributed by atoms with Crippen LogP contribution in [0.25, 0.3) is 10.9 Å². The molecule has 32 heavy (non-hydrogen) atoms. The molecule has 0 atom stereocenters. The average Bonchev–Trinajstić information content (AvgIpc) is 2.84. The summed E-state index contributed by atoms with van der Waals surface area (Å²) >= 11 is 0. The maximum Gasteiger partial charge on any atom is 0.232 e. The Morgan fingerprint density at radius 3 is 2.38 bits per heavy atom. The van der Waals surface area contributed by atoms with E-state index >= 15 is 0 Å². The summed E-state index contributed by atoms with van der Waals surface area (Å²) in [5.74, 6) is 1.15. The number of hydrogen-bond acceptors (Lipinski definition) is 5. The van der Waals surface area contributed by atoms with Crippen LogP contribution in [0.2, 0.25) is 0 Å². The Balaban J connectivity index is 1.48. The fourth-order valence-corrected chi connectivity index (χ4v) is 4.30. The van der Waals surface area contributed by atoms with Crippen molar-refractivity contribution in [2.75, 3.05) is 56.5 Å². The van der Waals surface area contributed by atoms with Crippen LogP contribution in [-0.2, 0) is 10.2 Å². The molecule has 0 radical (unpaired) electrons. The first-order chi connectivity index (χ1) is 15.5. The highest BCUT2D eigenvalue weighted by atomic mass is 16.2. The molecule has 6 nitrogen and oxygen atoms in total. The predicted molar refractivity (Wildman–Crippen MR) is 132 cm³/mol. The molecule has 2 heterocycles. The summed E-state index contributed by atoms with van der Waals surface area (Å²) in [6.45, 7) is 8.73. The zero-order chi connectivity index (χ0) is 22.6. The zero-order valence-electron chi connectivity index (χ0n) is 19.3. The third-order valence-electron chi connectivity index (χ3n) is 6.31. The number of anilines is 2. The quantitative estimate of drug-likeness (QED) is 0.561. The van der Waals surface area contributed by atoms with Gasteiger partial charge in [0.05, 0.1) is 10.9 Å². The molecule has 0 unspecified atom stereocenters. The monoisotopic (exact) mass is 431 g/mol. The van der Waals surface area contributed by atoms with Crippen molar-refractivity contribution >= 4 is 28.3 Å². The van der Waals surface area contributed by atoms with Crippen LogP contribution < -0.4 is 15.5 Å². The lowest BCUT2D eigenvalue weighted by Crippen LogP contribution is -2.53. The molecule has 0 aliphatic carbocycles. The summed E-state index contributed by atoms with van der Waals surface area (Å²) in [6.07, 6.45) is 0. The molecular weight excluding hydrogens is 398 g/mol. The highest BCUT2D eigenvalue weighted by molar-refractivity contribution is 5.93. The summed E-state index contributed by atoms with van der Waals surface area (Å²) in [7, 11) is 1.96. The van der Waals surface area contributed by atoms with Crippen LogP contribution >= 0.6 is 0 Å². The van der Waals surface area contributed by atoms with Crippen molar-refractivity contribution in [1.29, 1.82) is 0 Å². The summed E-state index contributed by atoms with van der Waals surface area (Å²) in [5, 5.41) is 7.85. The molecule has 1 amide bonds. The summed E-state index contributed by atoms with van der Waals surface area (Å²) < 4.78 is 0. The Bertz CT molecular complexity index is 1060. The van der Waals surface area contributed by atoms with E-state index in [4.69, 9.17) is 4.98 Å². The smallest absolute Gasteiger partial charge is 0.232 e. The number of carbonyl (C=O) groups excluding carboxylic acids is 1. The fraction of sp³-hybridized carbons (Fsp3) is 0.385. The van der Waals surface area contributed by atoms with Crippen molar-refractivity contribution in [3.63, 3.8) is 0 Å². The number of benzene rings is 2. The largest absolute Gasteiger partial charge is 0.383 e. The lowest BCUT2D eigenvalue weighted by atomic mass is 9.83. The Labute approximate surface area is 190 Å². The maximum atomic E-state index is 13.3. The standard InChI is InChI=1S/C26H33N5O/c1-26(2,20-9-5-4-6-10-20)25(32)31-17-15-30(16-18-31)24-19-23(28-14-13-27-3)21-11-7-8-12-22(21)29-24/h4-12,19,27H,13-18H2,1-3H3,(H,28,29). The molecule has 0 saturated carbocycles. The summed E-state index contributed by atoms with van der Waals surface area (Å²) in [5.41, 5.74) is 2.61. The lowest BCUT2D eigenvalue weighted by Gasteiger charge is -2.39. The minimum absolute atomic E-state index is 0.184. The molecule has 1 fully saturated rings. The van der Waals surface area contributed by atoms with Gasteiger partial charge in [-0.1, -0.05) is 48.5 Å². The number of fused-ring (bicyclic) bond motifs is 1. The van der Waals surface area contributed by atoms with E-state index in [0.717, 1.165) is 54.2 Å². The van der Waals surface area contributed by atoms with Crippen LogP contribution in [0.1, 0.15) is 19.4 Å². The fourth-order valence-electron chi connectivity index (χ4n) is 4.30. The predicted octanol–water partition coefficient (Wildman–Crippen LogP) is 3.49. The Hall–Kier alpha value is -3.12. The van der Waals surface area contributed by atoms with E-state index in [-0.39, 0.29) is 5.91 Å². The van der Waals surface area contributed by atoms with Gasteiger partial charge in [0, 0.05) is 56.4 Å². The topological polar surface area (TPSA) is 60.5 Å². The minimum Gasteiger partial charge on any atom is -0.383 e. The van der Waals surface area contributed by atoms with Crippen molar-refractivity contribution < 1.29 is 4.79 Å². The van der Waals surface area contributed by atoms with Gasteiger partial charge >= 0.3 is 0 Å². The zero-order valence-corrected chi connectivity index (χ0v) is 19.3. The van der Waals surface area contributed by atoms with Crippen molar-refractivity contribution in [1.82, 2.24) is 15.2 Å². The number of pyridine rings is 1. The van der Waals surface area contributed by atoms with Gasteiger partial charge in [0.15, 0.2) is 0 Å². The molecule has 4 rings (SSSR count). The number of amides is 1. The van der Waals surface area contributed by atoms with Gasteiger partial charge in [-0.25, -0.2) is 4.98 Å². The second-order valence-corrected chi connectivity index (χ2v) is 8.85. The third-order valence-corrected chi connectivity index (χ3v) is 6.31. The lowest BCUT2D eigenvalue weighted by molar-refractivity contribution is -0.136. The van der Waals surface area contributed by atoms with Crippen LogP contribution in [-0.4, -0.2) is 62.1 Å². The second-order valence-electron chi connectivity index (χ2n) is 8.85. The molecule has 1 aliphatic rings. The van der Waals surface area contributed by atoms with Gasteiger partial charge < -0.3 is 20.4 Å². The molecule has 6 heteroatoms. The highest BCUT2D eigenvalue weighted by Gasteiger charge is 2.35. The van der Waals surface area contributed by atoms with E-state index in [9.17, 15) is 4.79 Å². The van der Waals surface area contributed by atoms with Gasteiger partial charge in [0.25, 0.3) is 0 Å². The van der Waals surface area contributed by atoms with Crippen molar-refractivity contribution in [2.24, 2.45) is 0 Å². The number of nitrogens with zero attached hydrogens (tertiary/aromatic N) is 3. The number of carbonyl (C=O) groups is 1. The molecule has 2 aromatic carbocycles. The molecular formula is C26H33N5O. The van der Waals surface area contributed by atoms with Crippen LogP contribution in [0.3, 0.4) is 0 Å². The summed E-state index contributed by atoms with van der Waals surface area (Å²) in [4.78, 5) is 22.5. The van der Waals surface area contributed by atoms with E-state index < -0.39 is 5.41 Å². The Morgan fingerprint density at radius 1 is 0.969 bits per heavy atom. The van der Waals surface area contributed by atoms with Crippen LogP contribution in [0, 0.1) is 0 Å². The molecule has 3 aromatic rings. The van der Waals surface area contributed by atoms with E-state index in [0.29, 0.717) is 13.1 Å². The molecule has 0 spiro atoms. The van der Waals surface area contributed by atoms with Gasteiger partial charge in [0.2, 0.25) is 5.91 Å². The van der Waals surface area contributed by atoms with E-state index in [1.54, 1.807) is 0 Å². The van der Waals surface area contributed by atoms with Gasteiger partial charge in [-0.15, -0.1) is 0 Å². The average molecular weight is 432 g/mol. The van der Waals surface area contributed by atoms with E-state index in [2.05, 4.69) is 33.7 Å². The number of hydrogen-bond donors (Lipinski definition) is 2. The Kier molecular flexibility index (Phi) is 6.61. The number of para-hydroxylation sites is 1. The van der Waals surface area contributed by atoms with Gasteiger partial charge in [-0.2, -0.15) is 0 Å².